The van der Waals surface area contributed by atoms with E-state index in [4.69, 9.17) is 4.42 Å². The lowest BCUT2D eigenvalue weighted by molar-refractivity contribution is 0.163. The highest BCUT2D eigenvalue weighted by Gasteiger charge is 2.32. The van der Waals surface area contributed by atoms with Crippen LogP contribution in [-0.4, -0.2) is 43.0 Å². The third-order valence-electron chi connectivity index (χ3n) is 4.06. The zero-order chi connectivity index (χ0) is 16.0. The number of hydrogen-bond donors (Lipinski definition) is 0. The predicted molar refractivity (Wildman–Crippen MR) is 81.3 cm³/mol. The van der Waals surface area contributed by atoms with E-state index < -0.39 is 0 Å². The van der Waals surface area contributed by atoms with E-state index in [1.807, 2.05) is 0 Å². The van der Waals surface area contributed by atoms with E-state index in [1.165, 1.54) is 6.39 Å². The van der Waals surface area contributed by atoms with Crippen LogP contribution < -0.4 is 0 Å². The first-order chi connectivity index (χ1) is 10.3. The Morgan fingerprint density at radius 3 is 2.50 bits per heavy atom. The van der Waals surface area contributed by atoms with E-state index in [-0.39, 0.29) is 10.8 Å². The Kier molecular flexibility index (Phi) is 3.55. The molecule has 0 spiro atoms. The molecule has 0 saturated carbocycles. The van der Waals surface area contributed by atoms with Crippen LogP contribution in [0.5, 0.6) is 0 Å². The highest BCUT2D eigenvalue weighted by atomic mass is 16.4. The van der Waals surface area contributed by atoms with Gasteiger partial charge in [-0.1, -0.05) is 20.8 Å². The molecule has 1 aliphatic heterocycles. The van der Waals surface area contributed by atoms with Crippen molar-refractivity contribution in [1.82, 2.24) is 29.9 Å². The Morgan fingerprint density at radius 1 is 1.09 bits per heavy atom. The van der Waals surface area contributed by atoms with E-state index in [1.54, 1.807) is 0 Å². The summed E-state index contributed by atoms with van der Waals surface area (Å²) in [4.78, 5) is 2.38. The lowest BCUT2D eigenvalue weighted by Crippen LogP contribution is -2.42. The molecule has 120 valence electrons. The van der Waals surface area contributed by atoms with Gasteiger partial charge in [-0.3, -0.25) is 4.90 Å². The number of aromatic nitrogens is 5. The summed E-state index contributed by atoms with van der Waals surface area (Å²) in [5.41, 5.74) is -0.151. The van der Waals surface area contributed by atoms with Crippen LogP contribution in [0.3, 0.4) is 0 Å². The fourth-order valence-electron chi connectivity index (χ4n) is 2.99. The molecule has 7 nitrogen and oxygen atoms in total. The smallest absolute Gasteiger partial charge is 0.223 e. The molecule has 0 amide bonds. The van der Waals surface area contributed by atoms with Crippen LogP contribution in [0.1, 0.15) is 52.2 Å². The monoisotopic (exact) mass is 304 g/mol. The molecular weight excluding hydrogens is 280 g/mol. The summed E-state index contributed by atoms with van der Waals surface area (Å²) in [5.74, 6) is 2.78. The van der Waals surface area contributed by atoms with Gasteiger partial charge in [0.05, 0.1) is 12.0 Å². The van der Waals surface area contributed by atoms with Gasteiger partial charge in [-0.25, -0.2) is 0 Å². The molecule has 0 N–H and O–H groups in total. The SMILES string of the molecule is CC(C)(C)c1nnc2n1CCN(CC(C)(C)c1nnco1)C2. The van der Waals surface area contributed by atoms with Crippen molar-refractivity contribution in [1.29, 1.82) is 0 Å². The van der Waals surface area contributed by atoms with Crippen molar-refractivity contribution in [2.75, 3.05) is 13.1 Å². The summed E-state index contributed by atoms with van der Waals surface area (Å²) in [5, 5.41) is 16.6. The number of rotatable bonds is 3. The van der Waals surface area contributed by atoms with Gasteiger partial charge in [0.2, 0.25) is 12.3 Å². The van der Waals surface area contributed by atoms with Crippen LogP contribution in [0.2, 0.25) is 0 Å². The molecule has 0 fully saturated rings. The van der Waals surface area contributed by atoms with E-state index >= 15 is 0 Å². The quantitative estimate of drug-likeness (QED) is 0.860. The van der Waals surface area contributed by atoms with Crippen LogP contribution in [0.15, 0.2) is 10.8 Å². The Hall–Kier alpha value is -1.76. The molecule has 3 rings (SSSR count). The van der Waals surface area contributed by atoms with Gasteiger partial charge in [-0.2, -0.15) is 0 Å². The molecule has 0 atom stereocenters. The van der Waals surface area contributed by atoms with Gasteiger partial charge in [0, 0.05) is 25.0 Å². The van der Waals surface area contributed by atoms with Gasteiger partial charge in [0.25, 0.3) is 0 Å². The second-order valence-corrected chi connectivity index (χ2v) is 7.68. The second-order valence-electron chi connectivity index (χ2n) is 7.68. The van der Waals surface area contributed by atoms with Gasteiger partial charge < -0.3 is 8.98 Å². The van der Waals surface area contributed by atoms with Crippen LogP contribution >= 0.6 is 0 Å². The van der Waals surface area contributed by atoms with Crippen LogP contribution in [0, 0.1) is 0 Å². The zero-order valence-electron chi connectivity index (χ0n) is 14.0. The Morgan fingerprint density at radius 2 is 1.86 bits per heavy atom. The summed E-state index contributed by atoms with van der Waals surface area (Å²) in [7, 11) is 0. The summed E-state index contributed by atoms with van der Waals surface area (Å²) in [6, 6.07) is 0. The second kappa shape index (κ2) is 5.15. The molecule has 2 aromatic rings. The third-order valence-corrected chi connectivity index (χ3v) is 4.06. The number of fused-ring (bicyclic) bond motifs is 1. The van der Waals surface area contributed by atoms with Gasteiger partial charge in [-0.15, -0.1) is 20.4 Å². The fourth-order valence-corrected chi connectivity index (χ4v) is 2.99. The molecule has 0 unspecified atom stereocenters. The summed E-state index contributed by atoms with van der Waals surface area (Å²) < 4.78 is 7.64. The highest BCUT2D eigenvalue weighted by Crippen LogP contribution is 2.26. The average molecular weight is 304 g/mol. The summed E-state index contributed by atoms with van der Waals surface area (Å²) in [6.45, 7) is 14.3. The molecule has 22 heavy (non-hydrogen) atoms. The molecule has 0 saturated heterocycles. The van der Waals surface area contributed by atoms with Gasteiger partial charge in [-0.05, 0) is 13.8 Å². The van der Waals surface area contributed by atoms with E-state index in [9.17, 15) is 0 Å². The standard InChI is InChI=1S/C15H24N6O/c1-14(2,3)12-18-17-11-8-20(6-7-21(11)12)9-15(4,5)13-19-16-10-22-13/h10H,6-9H2,1-5H3. The van der Waals surface area contributed by atoms with E-state index in [2.05, 4.69) is 64.5 Å². The Labute approximate surface area is 130 Å². The summed E-state index contributed by atoms with van der Waals surface area (Å²) >= 11 is 0. The summed E-state index contributed by atoms with van der Waals surface area (Å²) in [6.07, 6.45) is 1.39. The molecule has 7 heteroatoms. The topological polar surface area (TPSA) is 72.9 Å². The van der Waals surface area contributed by atoms with Crippen molar-refractivity contribution in [2.24, 2.45) is 0 Å². The Bertz CT molecular complexity index is 638. The largest absolute Gasteiger partial charge is 0.427 e. The lowest BCUT2D eigenvalue weighted by atomic mass is 9.92. The van der Waals surface area contributed by atoms with Crippen molar-refractivity contribution < 1.29 is 4.42 Å². The molecule has 0 aliphatic carbocycles. The normalized spacial score (nSPS) is 16.8. The Balaban J connectivity index is 1.74. The van der Waals surface area contributed by atoms with Crippen molar-refractivity contribution in [3.05, 3.63) is 23.9 Å². The number of nitrogens with zero attached hydrogens (tertiary/aromatic N) is 6. The highest BCUT2D eigenvalue weighted by molar-refractivity contribution is 5.08. The molecule has 0 aromatic carbocycles. The fraction of sp³-hybridized carbons (Fsp3) is 0.733. The molecule has 2 aromatic heterocycles. The average Bonchev–Trinajstić information content (AvgIpc) is 3.06. The molecule has 1 aliphatic rings. The van der Waals surface area contributed by atoms with Crippen LogP contribution in [0.4, 0.5) is 0 Å². The minimum Gasteiger partial charge on any atom is -0.427 e. The minimum absolute atomic E-state index is 0.0243. The van der Waals surface area contributed by atoms with Gasteiger partial charge >= 0.3 is 0 Å². The first-order valence-corrected chi connectivity index (χ1v) is 7.69. The first-order valence-electron chi connectivity index (χ1n) is 7.69. The predicted octanol–water partition coefficient (Wildman–Crippen LogP) is 1.75. The van der Waals surface area contributed by atoms with Crippen LogP contribution in [-0.2, 0) is 23.9 Å². The minimum atomic E-state index is -0.175. The van der Waals surface area contributed by atoms with Gasteiger partial charge in [0.15, 0.2) is 0 Å². The van der Waals surface area contributed by atoms with Crippen molar-refractivity contribution in [3.63, 3.8) is 0 Å². The van der Waals surface area contributed by atoms with E-state index in [0.29, 0.717) is 5.89 Å². The molecule has 0 bridgehead atoms. The van der Waals surface area contributed by atoms with Gasteiger partial charge in [0.1, 0.15) is 11.6 Å². The maximum Gasteiger partial charge on any atom is 0.223 e. The van der Waals surface area contributed by atoms with E-state index in [0.717, 1.165) is 37.8 Å². The molecule has 3 heterocycles. The maximum atomic E-state index is 5.38. The molecule has 0 radical (unpaired) electrons. The third kappa shape index (κ3) is 2.77. The molecular formula is C15H24N6O. The maximum absolute atomic E-state index is 5.38. The van der Waals surface area contributed by atoms with Crippen molar-refractivity contribution >= 4 is 0 Å². The zero-order valence-corrected chi connectivity index (χ0v) is 14.0. The van der Waals surface area contributed by atoms with Crippen molar-refractivity contribution in [3.8, 4) is 0 Å². The first kappa shape index (κ1) is 15.1. The lowest BCUT2D eigenvalue weighted by Gasteiger charge is -2.34. The number of hydrogen-bond acceptors (Lipinski definition) is 6. The van der Waals surface area contributed by atoms with Crippen LogP contribution in [0.25, 0.3) is 0 Å². The van der Waals surface area contributed by atoms with Crippen molar-refractivity contribution in [2.45, 2.75) is 58.5 Å².